The normalized spacial score (nSPS) is 23.9. The summed E-state index contributed by atoms with van der Waals surface area (Å²) in [6, 6.07) is 8.17. The first-order valence-electron chi connectivity index (χ1n) is 6.94. The SMILES string of the molecule is CCN(c1ccc(F)cc1)C1CCC(NC)CC1. The highest BCUT2D eigenvalue weighted by molar-refractivity contribution is 5.47. The predicted octanol–water partition coefficient (Wildman–Crippen LogP) is 3.18. The maximum atomic E-state index is 13.0. The molecule has 0 spiro atoms. The summed E-state index contributed by atoms with van der Waals surface area (Å²) >= 11 is 0. The molecule has 18 heavy (non-hydrogen) atoms. The van der Waals surface area contributed by atoms with E-state index in [4.69, 9.17) is 0 Å². The molecule has 0 aromatic heterocycles. The topological polar surface area (TPSA) is 15.3 Å². The standard InChI is InChI=1S/C15H23FN2/c1-3-18(14-8-4-12(16)5-9-14)15-10-6-13(17-2)7-11-15/h4-5,8-9,13,15,17H,3,6-7,10-11H2,1-2H3. The molecule has 1 saturated carbocycles. The van der Waals surface area contributed by atoms with Crippen molar-refractivity contribution in [2.24, 2.45) is 0 Å². The lowest BCUT2D eigenvalue weighted by atomic mass is 9.90. The Morgan fingerprint density at radius 3 is 2.28 bits per heavy atom. The van der Waals surface area contributed by atoms with E-state index in [9.17, 15) is 4.39 Å². The summed E-state index contributed by atoms with van der Waals surface area (Å²) in [6.45, 7) is 3.16. The van der Waals surface area contributed by atoms with Gasteiger partial charge < -0.3 is 10.2 Å². The van der Waals surface area contributed by atoms with E-state index in [0.29, 0.717) is 12.1 Å². The first kappa shape index (κ1) is 13.3. The molecule has 0 aliphatic heterocycles. The zero-order valence-electron chi connectivity index (χ0n) is 11.3. The second kappa shape index (κ2) is 6.19. The molecule has 1 aromatic rings. The zero-order valence-corrected chi connectivity index (χ0v) is 11.3. The van der Waals surface area contributed by atoms with Crippen LogP contribution in [0.4, 0.5) is 10.1 Å². The Bertz CT molecular complexity index is 355. The molecule has 0 radical (unpaired) electrons. The lowest BCUT2D eigenvalue weighted by Crippen LogP contribution is -2.41. The minimum absolute atomic E-state index is 0.159. The molecule has 0 amide bonds. The van der Waals surface area contributed by atoms with Crippen molar-refractivity contribution in [3.63, 3.8) is 0 Å². The van der Waals surface area contributed by atoms with Gasteiger partial charge in [0.05, 0.1) is 0 Å². The number of nitrogens with one attached hydrogen (secondary N) is 1. The van der Waals surface area contributed by atoms with Crippen molar-refractivity contribution in [3.8, 4) is 0 Å². The van der Waals surface area contributed by atoms with Gasteiger partial charge in [0.2, 0.25) is 0 Å². The maximum Gasteiger partial charge on any atom is 0.123 e. The highest BCUT2D eigenvalue weighted by Gasteiger charge is 2.24. The third-order valence-electron chi connectivity index (χ3n) is 4.04. The van der Waals surface area contributed by atoms with Crippen molar-refractivity contribution >= 4 is 5.69 Å². The van der Waals surface area contributed by atoms with Crippen LogP contribution in [-0.2, 0) is 0 Å². The van der Waals surface area contributed by atoms with Gasteiger partial charge in [-0.05, 0) is 63.9 Å². The molecule has 1 aliphatic carbocycles. The van der Waals surface area contributed by atoms with Gasteiger partial charge in [-0.3, -0.25) is 0 Å². The first-order valence-corrected chi connectivity index (χ1v) is 6.94. The fraction of sp³-hybridized carbons (Fsp3) is 0.600. The Kier molecular flexibility index (Phi) is 4.59. The Balaban J connectivity index is 2.03. The van der Waals surface area contributed by atoms with E-state index >= 15 is 0 Å². The molecule has 100 valence electrons. The molecule has 0 unspecified atom stereocenters. The molecule has 3 heteroatoms. The molecule has 0 heterocycles. The van der Waals surface area contributed by atoms with Gasteiger partial charge in [0, 0.05) is 24.3 Å². The van der Waals surface area contributed by atoms with E-state index in [-0.39, 0.29) is 5.82 Å². The van der Waals surface area contributed by atoms with E-state index in [1.54, 1.807) is 12.1 Å². The Morgan fingerprint density at radius 2 is 1.78 bits per heavy atom. The van der Waals surface area contributed by atoms with Gasteiger partial charge in [-0.25, -0.2) is 4.39 Å². The Hall–Kier alpha value is -1.09. The Morgan fingerprint density at radius 1 is 1.17 bits per heavy atom. The third-order valence-corrected chi connectivity index (χ3v) is 4.04. The summed E-state index contributed by atoms with van der Waals surface area (Å²) in [5, 5.41) is 3.36. The molecule has 1 fully saturated rings. The fourth-order valence-electron chi connectivity index (χ4n) is 2.96. The van der Waals surface area contributed by atoms with Crippen LogP contribution in [0.2, 0.25) is 0 Å². The minimum atomic E-state index is -0.159. The fourth-order valence-corrected chi connectivity index (χ4v) is 2.96. The monoisotopic (exact) mass is 250 g/mol. The summed E-state index contributed by atoms with van der Waals surface area (Å²) < 4.78 is 13.0. The zero-order chi connectivity index (χ0) is 13.0. The van der Waals surface area contributed by atoms with Crippen molar-refractivity contribution in [1.82, 2.24) is 5.32 Å². The van der Waals surface area contributed by atoms with Gasteiger partial charge >= 0.3 is 0 Å². The van der Waals surface area contributed by atoms with Crippen LogP contribution in [0, 0.1) is 5.82 Å². The van der Waals surface area contributed by atoms with Gasteiger partial charge in [-0.2, -0.15) is 0 Å². The maximum absolute atomic E-state index is 13.0. The van der Waals surface area contributed by atoms with Crippen molar-refractivity contribution in [2.75, 3.05) is 18.5 Å². The van der Waals surface area contributed by atoms with Gasteiger partial charge in [-0.1, -0.05) is 0 Å². The van der Waals surface area contributed by atoms with Crippen molar-refractivity contribution < 1.29 is 4.39 Å². The summed E-state index contributed by atoms with van der Waals surface area (Å²) in [5.41, 5.74) is 1.15. The first-order chi connectivity index (χ1) is 8.74. The minimum Gasteiger partial charge on any atom is -0.369 e. The number of benzene rings is 1. The van der Waals surface area contributed by atoms with Crippen LogP contribution in [0.15, 0.2) is 24.3 Å². The van der Waals surface area contributed by atoms with Crippen LogP contribution in [0.5, 0.6) is 0 Å². The van der Waals surface area contributed by atoms with Crippen LogP contribution in [-0.4, -0.2) is 25.7 Å². The largest absolute Gasteiger partial charge is 0.369 e. The number of hydrogen-bond donors (Lipinski definition) is 1. The molecule has 0 saturated heterocycles. The average Bonchev–Trinajstić information content (AvgIpc) is 2.42. The average molecular weight is 250 g/mol. The van der Waals surface area contributed by atoms with Crippen LogP contribution in [0.1, 0.15) is 32.6 Å². The number of nitrogens with zero attached hydrogens (tertiary/aromatic N) is 1. The van der Waals surface area contributed by atoms with E-state index in [2.05, 4.69) is 17.1 Å². The molecule has 0 atom stereocenters. The third kappa shape index (κ3) is 3.02. The lowest BCUT2D eigenvalue weighted by Gasteiger charge is -2.37. The number of rotatable bonds is 4. The summed E-state index contributed by atoms with van der Waals surface area (Å²) in [4.78, 5) is 2.41. The number of halogens is 1. The second-order valence-corrected chi connectivity index (χ2v) is 5.06. The van der Waals surface area contributed by atoms with Gasteiger partial charge in [-0.15, -0.1) is 0 Å². The summed E-state index contributed by atoms with van der Waals surface area (Å²) in [6.07, 6.45) is 4.91. The molecule has 1 N–H and O–H groups in total. The Labute approximate surface area is 109 Å². The molecule has 1 aliphatic rings. The second-order valence-electron chi connectivity index (χ2n) is 5.06. The molecule has 1 aromatic carbocycles. The van der Waals surface area contributed by atoms with Crippen LogP contribution in [0.3, 0.4) is 0 Å². The van der Waals surface area contributed by atoms with Crippen molar-refractivity contribution in [2.45, 2.75) is 44.7 Å². The smallest absolute Gasteiger partial charge is 0.123 e. The van der Waals surface area contributed by atoms with E-state index in [1.165, 1.54) is 25.7 Å². The predicted molar refractivity (Wildman–Crippen MR) is 74.5 cm³/mol. The molecule has 2 rings (SSSR count). The molecular weight excluding hydrogens is 227 g/mol. The highest BCUT2D eigenvalue weighted by Crippen LogP contribution is 2.27. The van der Waals surface area contributed by atoms with Gasteiger partial charge in [0.15, 0.2) is 0 Å². The highest BCUT2D eigenvalue weighted by atomic mass is 19.1. The number of hydrogen-bond acceptors (Lipinski definition) is 2. The summed E-state index contributed by atoms with van der Waals surface area (Å²) in [5.74, 6) is -0.159. The molecule has 0 bridgehead atoms. The molecular formula is C15H23FN2. The number of anilines is 1. The molecule has 2 nitrogen and oxygen atoms in total. The van der Waals surface area contributed by atoms with E-state index in [1.807, 2.05) is 19.2 Å². The quantitative estimate of drug-likeness (QED) is 0.883. The van der Waals surface area contributed by atoms with E-state index in [0.717, 1.165) is 12.2 Å². The van der Waals surface area contributed by atoms with Crippen LogP contribution in [0.25, 0.3) is 0 Å². The van der Waals surface area contributed by atoms with Crippen LogP contribution >= 0.6 is 0 Å². The van der Waals surface area contributed by atoms with Crippen molar-refractivity contribution in [3.05, 3.63) is 30.1 Å². The van der Waals surface area contributed by atoms with Crippen LogP contribution < -0.4 is 10.2 Å². The van der Waals surface area contributed by atoms with E-state index < -0.39 is 0 Å². The van der Waals surface area contributed by atoms with Gasteiger partial charge in [0.1, 0.15) is 5.82 Å². The lowest BCUT2D eigenvalue weighted by molar-refractivity contribution is 0.346. The van der Waals surface area contributed by atoms with Crippen molar-refractivity contribution in [1.29, 1.82) is 0 Å². The van der Waals surface area contributed by atoms with Gasteiger partial charge in [0.25, 0.3) is 0 Å². The summed E-state index contributed by atoms with van der Waals surface area (Å²) in [7, 11) is 2.04.